The average molecular weight is 933 g/mol. The van der Waals surface area contributed by atoms with Crippen molar-refractivity contribution in [3.63, 3.8) is 0 Å². The number of carbonyl (C=O) groups excluding carboxylic acids is 2. The Morgan fingerprint density at radius 3 is 2.38 bits per heavy atom. The Balaban J connectivity index is 0.696. The zero-order valence-electron chi connectivity index (χ0n) is 41.0. The van der Waals surface area contributed by atoms with Gasteiger partial charge in [-0.3, -0.25) is 9.59 Å². The average Bonchev–Trinajstić information content (AvgIpc) is 4.00. The van der Waals surface area contributed by atoms with Gasteiger partial charge >= 0.3 is 0 Å². The maximum absolute atomic E-state index is 14.2. The predicted octanol–water partition coefficient (Wildman–Crippen LogP) is 6.43. The first-order valence-electron chi connectivity index (χ1n) is 25.5. The Morgan fingerprint density at radius 2 is 1.62 bits per heavy atom. The van der Waals surface area contributed by atoms with Crippen molar-refractivity contribution in [1.29, 1.82) is 0 Å². The molecule has 2 aliphatic carbocycles. The van der Waals surface area contributed by atoms with E-state index in [1.54, 1.807) is 7.05 Å². The molecule has 2 aliphatic heterocycles. The first-order valence-corrected chi connectivity index (χ1v) is 25.5. The van der Waals surface area contributed by atoms with Gasteiger partial charge < -0.3 is 44.9 Å². The summed E-state index contributed by atoms with van der Waals surface area (Å²) >= 11 is 0. The second-order valence-corrected chi connectivity index (χ2v) is 19.7. The lowest BCUT2D eigenvalue weighted by molar-refractivity contribution is -0.140. The number of anilines is 2. The number of benzene rings is 2. The van der Waals surface area contributed by atoms with Gasteiger partial charge in [-0.2, -0.15) is 5.10 Å². The Hall–Kier alpha value is -5.09. The molecule has 68 heavy (non-hydrogen) atoms. The third kappa shape index (κ3) is 13.2. The second-order valence-electron chi connectivity index (χ2n) is 19.7. The number of aromatic nitrogens is 4. The summed E-state index contributed by atoms with van der Waals surface area (Å²) in [6.07, 6.45) is 16.5. The fourth-order valence-electron chi connectivity index (χ4n) is 10.8. The van der Waals surface area contributed by atoms with E-state index in [0.29, 0.717) is 50.9 Å². The van der Waals surface area contributed by atoms with Crippen LogP contribution < -0.4 is 25.6 Å². The number of hydrogen-bond donors (Lipinski definition) is 3. The fourth-order valence-corrected chi connectivity index (χ4v) is 10.8. The van der Waals surface area contributed by atoms with E-state index in [9.17, 15) is 9.59 Å². The quantitative estimate of drug-likeness (QED) is 0.0746. The molecule has 15 heteroatoms. The van der Waals surface area contributed by atoms with Crippen LogP contribution in [0.3, 0.4) is 0 Å². The maximum atomic E-state index is 14.2. The molecule has 0 radical (unpaired) electrons. The van der Waals surface area contributed by atoms with Crippen LogP contribution in [-0.2, 0) is 32.0 Å². The number of carbonyl (C=O) groups is 2. The molecule has 4 atom stereocenters. The molecular weight excluding hydrogens is 857 g/mol. The molecule has 2 saturated heterocycles. The summed E-state index contributed by atoms with van der Waals surface area (Å²) in [5.41, 5.74) is 4.30. The van der Waals surface area contributed by atoms with Crippen molar-refractivity contribution in [3.8, 4) is 17.0 Å². The Bertz CT molecular complexity index is 2170. The summed E-state index contributed by atoms with van der Waals surface area (Å²) in [6.45, 7) is 8.34. The molecule has 2 aromatic heterocycles. The Kier molecular flexibility index (Phi) is 17.7. The topological polar surface area (TPSA) is 151 Å². The van der Waals surface area contributed by atoms with Crippen LogP contribution in [0.15, 0.2) is 73.1 Å². The van der Waals surface area contributed by atoms with E-state index in [0.717, 1.165) is 120 Å². The van der Waals surface area contributed by atoms with Crippen LogP contribution in [-0.4, -0.2) is 145 Å². The first-order chi connectivity index (χ1) is 33.2. The standard InChI is InChI=1S/C53H76N10O5/c1-38(54-2)50(64)59-49(42-13-9-6-10-14-42)52(65)62-30-26-41-25-29-61(37-48(41)62)28-24-39-15-19-44(20-16-39)67-33-31-66-32-34-68-45-21-17-43(18-22-45)57-53-55-27-23-47(58-53)46-35-56-63(51(46)60(3)4)36-40-11-7-5-8-12-40/h5,7-8,11-12,15-16,19-20,23,27,35,38,41-43,45,48-49,54H,6,9-10,13-14,17-18,21-22,24-26,28-34,36-37H2,1-4H3,(H,59,64)(H,55,57,58)/t38-,41?,43-,45-,48?,49-/m0/s1. The van der Waals surface area contributed by atoms with Crippen molar-refractivity contribution in [3.05, 3.63) is 84.2 Å². The SMILES string of the molecule is CN[C@@H](C)C(=O)N[C@H](C(=O)N1CCC2CCN(CCc3ccc(OCCOCCO[C@H]4CC[C@H](Nc5nccc(-c6cnn(Cc7ccccc7)c6N(C)C)n5)CC4)cc3)CC21)C1CCCCC1. The molecule has 2 unspecified atom stereocenters. The highest BCUT2D eigenvalue weighted by Crippen LogP contribution is 2.35. The van der Waals surface area contributed by atoms with Crippen molar-refractivity contribution in [1.82, 2.24) is 40.2 Å². The molecule has 4 heterocycles. The van der Waals surface area contributed by atoms with Gasteiger partial charge in [-0.25, -0.2) is 14.6 Å². The van der Waals surface area contributed by atoms with E-state index in [4.69, 9.17) is 24.3 Å². The molecule has 15 nitrogen and oxygen atoms in total. The smallest absolute Gasteiger partial charge is 0.245 e. The number of nitrogens with one attached hydrogen (secondary N) is 3. The number of likely N-dealkylation sites (N-methyl/N-ethyl adjacent to an activating group) is 1. The zero-order chi connectivity index (χ0) is 47.2. The number of ether oxygens (including phenoxy) is 3. The summed E-state index contributed by atoms with van der Waals surface area (Å²) in [5.74, 6) is 3.29. The molecule has 368 valence electrons. The minimum absolute atomic E-state index is 0.0857. The van der Waals surface area contributed by atoms with Crippen molar-refractivity contribution in [2.45, 2.75) is 121 Å². The molecule has 8 rings (SSSR count). The van der Waals surface area contributed by atoms with Crippen LogP contribution in [0.25, 0.3) is 11.3 Å². The molecule has 4 aromatic rings. The maximum Gasteiger partial charge on any atom is 0.245 e. The number of rotatable bonds is 22. The van der Waals surface area contributed by atoms with E-state index in [1.165, 1.54) is 17.5 Å². The number of fused-ring (bicyclic) bond motifs is 1. The molecule has 0 spiro atoms. The number of piperidine rings is 1. The highest BCUT2D eigenvalue weighted by atomic mass is 16.5. The molecule has 2 amide bonds. The third-order valence-electron chi connectivity index (χ3n) is 14.8. The van der Waals surface area contributed by atoms with Crippen LogP contribution in [0, 0.1) is 11.8 Å². The highest BCUT2D eigenvalue weighted by molar-refractivity contribution is 5.90. The fraction of sp³-hybridized carbons (Fsp3) is 0.604. The van der Waals surface area contributed by atoms with E-state index in [-0.39, 0.29) is 35.9 Å². The van der Waals surface area contributed by atoms with Gasteiger partial charge in [0.05, 0.1) is 56.0 Å². The molecule has 4 fully saturated rings. The molecule has 0 bridgehead atoms. The van der Waals surface area contributed by atoms with Gasteiger partial charge in [-0.15, -0.1) is 0 Å². The van der Waals surface area contributed by atoms with Gasteiger partial charge in [0.25, 0.3) is 0 Å². The summed E-state index contributed by atoms with van der Waals surface area (Å²) in [6, 6.07) is 20.5. The van der Waals surface area contributed by atoms with Gasteiger partial charge in [-0.1, -0.05) is 61.7 Å². The Morgan fingerprint density at radius 1 is 0.853 bits per heavy atom. The summed E-state index contributed by atoms with van der Waals surface area (Å²) in [7, 11) is 5.87. The largest absolute Gasteiger partial charge is 0.491 e. The molecule has 2 saturated carbocycles. The number of amides is 2. The van der Waals surface area contributed by atoms with Crippen molar-refractivity contribution >= 4 is 23.6 Å². The van der Waals surface area contributed by atoms with E-state index < -0.39 is 6.04 Å². The van der Waals surface area contributed by atoms with Gasteiger partial charge in [0, 0.05) is 52.0 Å². The van der Waals surface area contributed by atoms with Crippen LogP contribution in [0.2, 0.25) is 0 Å². The van der Waals surface area contributed by atoms with Crippen LogP contribution in [0.1, 0.15) is 88.7 Å². The van der Waals surface area contributed by atoms with E-state index in [1.807, 2.05) is 62.4 Å². The lowest BCUT2D eigenvalue weighted by Gasteiger charge is -2.41. The predicted molar refractivity (Wildman–Crippen MR) is 267 cm³/mol. The van der Waals surface area contributed by atoms with Crippen molar-refractivity contribution in [2.24, 2.45) is 11.8 Å². The van der Waals surface area contributed by atoms with E-state index in [2.05, 4.69) is 72.0 Å². The zero-order valence-corrected chi connectivity index (χ0v) is 41.0. The minimum atomic E-state index is -0.431. The van der Waals surface area contributed by atoms with Crippen molar-refractivity contribution < 1.29 is 23.8 Å². The van der Waals surface area contributed by atoms with Crippen LogP contribution in [0.4, 0.5) is 11.8 Å². The van der Waals surface area contributed by atoms with Gasteiger partial charge in [-0.05, 0) is 119 Å². The van der Waals surface area contributed by atoms with Gasteiger partial charge in [0.15, 0.2) is 0 Å². The second kappa shape index (κ2) is 24.5. The van der Waals surface area contributed by atoms with Crippen molar-refractivity contribution in [2.75, 3.05) is 84.0 Å². The summed E-state index contributed by atoms with van der Waals surface area (Å²) in [4.78, 5) is 43.5. The van der Waals surface area contributed by atoms with Crippen LogP contribution >= 0.6 is 0 Å². The normalized spacial score (nSPS) is 22.0. The monoisotopic (exact) mass is 933 g/mol. The molecule has 2 aromatic carbocycles. The summed E-state index contributed by atoms with van der Waals surface area (Å²) in [5, 5.41) is 14.5. The van der Waals surface area contributed by atoms with Gasteiger partial charge in [0.1, 0.15) is 24.2 Å². The van der Waals surface area contributed by atoms with Gasteiger partial charge in [0.2, 0.25) is 17.8 Å². The lowest BCUT2D eigenvalue weighted by Crippen LogP contribution is -2.58. The third-order valence-corrected chi connectivity index (χ3v) is 14.8. The molecule has 4 aliphatic rings. The lowest BCUT2D eigenvalue weighted by atomic mass is 9.83. The molecular formula is C53H76N10O5. The minimum Gasteiger partial charge on any atom is -0.491 e. The highest BCUT2D eigenvalue weighted by Gasteiger charge is 2.44. The van der Waals surface area contributed by atoms with E-state index >= 15 is 0 Å². The molecule has 3 N–H and O–H groups in total. The van der Waals surface area contributed by atoms with Crippen LogP contribution in [0.5, 0.6) is 5.75 Å². The number of nitrogens with zero attached hydrogens (tertiary/aromatic N) is 7. The first kappa shape index (κ1) is 49.3. The Labute approximate surface area is 404 Å². The summed E-state index contributed by atoms with van der Waals surface area (Å²) < 4.78 is 20.1. The number of likely N-dealkylation sites (tertiary alicyclic amines) is 2. The number of hydrogen-bond acceptors (Lipinski definition) is 12.